The molecule has 1 atom stereocenters. The van der Waals surface area contributed by atoms with Crippen molar-refractivity contribution in [1.82, 2.24) is 4.90 Å². The van der Waals surface area contributed by atoms with Crippen LogP contribution < -0.4 is 0 Å². The Bertz CT molecular complexity index is 483. The first-order chi connectivity index (χ1) is 8.58. The second kappa shape index (κ2) is 4.91. The molecule has 0 aromatic heterocycles. The van der Waals surface area contributed by atoms with Crippen molar-refractivity contribution in [2.24, 2.45) is 0 Å². The molecule has 1 saturated heterocycles. The lowest BCUT2D eigenvalue weighted by molar-refractivity contribution is 0.0376. The number of carbonyl (C=O) groups excluding carboxylic acids is 1. The van der Waals surface area contributed by atoms with Crippen LogP contribution in [0, 0.1) is 0 Å². The Kier molecular flexibility index (Phi) is 3.32. The largest absolute Gasteiger partial charge is 0.465 e. The second-order valence-corrected chi connectivity index (χ2v) is 4.08. The summed E-state index contributed by atoms with van der Waals surface area (Å²) in [6.45, 7) is 4.09. The van der Waals surface area contributed by atoms with Gasteiger partial charge in [-0.1, -0.05) is 24.8 Å². The molecule has 5 nitrogen and oxygen atoms in total. The van der Waals surface area contributed by atoms with E-state index in [4.69, 9.17) is 9.84 Å². The maximum absolute atomic E-state index is 11.8. The van der Waals surface area contributed by atoms with Gasteiger partial charge in [0.15, 0.2) is 0 Å². The third-order valence-corrected chi connectivity index (χ3v) is 2.76. The molecule has 1 aromatic rings. The molecule has 1 fully saturated rings. The van der Waals surface area contributed by atoms with Gasteiger partial charge in [-0.05, 0) is 17.7 Å². The molecular weight excluding hydrogens is 234 g/mol. The third kappa shape index (κ3) is 2.51. The quantitative estimate of drug-likeness (QED) is 0.638. The van der Waals surface area contributed by atoms with E-state index in [-0.39, 0.29) is 13.1 Å². The molecule has 94 valence electrons. The lowest BCUT2D eigenvalue weighted by atomic mass is 10.2. The van der Waals surface area contributed by atoms with Gasteiger partial charge in [0.05, 0.1) is 12.1 Å². The molecule has 0 bridgehead atoms. The van der Waals surface area contributed by atoms with Crippen LogP contribution in [0.3, 0.4) is 0 Å². The first-order valence-electron chi connectivity index (χ1n) is 5.49. The fourth-order valence-electron chi connectivity index (χ4n) is 1.78. The van der Waals surface area contributed by atoms with Crippen molar-refractivity contribution < 1.29 is 19.4 Å². The summed E-state index contributed by atoms with van der Waals surface area (Å²) in [6.07, 6.45) is -1.59. The van der Waals surface area contributed by atoms with E-state index in [1.54, 1.807) is 30.3 Å². The smallest absolute Gasteiger partial charge is 0.407 e. The van der Waals surface area contributed by atoms with Crippen LogP contribution in [0.5, 0.6) is 0 Å². The summed E-state index contributed by atoms with van der Waals surface area (Å²) in [7, 11) is 0. The van der Waals surface area contributed by atoms with Crippen molar-refractivity contribution in [1.29, 1.82) is 0 Å². The fraction of sp³-hybridized carbons (Fsp3) is 0.231. The number of carboxylic acid groups (broad SMARTS) is 1. The van der Waals surface area contributed by atoms with Gasteiger partial charge in [-0.2, -0.15) is 0 Å². The van der Waals surface area contributed by atoms with Crippen LogP contribution in [0.25, 0.3) is 0 Å². The van der Waals surface area contributed by atoms with E-state index in [0.717, 1.165) is 0 Å². The Morgan fingerprint density at radius 3 is 2.56 bits per heavy atom. The first-order valence-corrected chi connectivity index (χ1v) is 5.49. The molecule has 1 heterocycles. The van der Waals surface area contributed by atoms with Crippen LogP contribution in [0.1, 0.15) is 10.4 Å². The molecular formula is C13H13NO4. The highest BCUT2D eigenvalue weighted by atomic mass is 16.5. The second-order valence-electron chi connectivity index (χ2n) is 4.08. The van der Waals surface area contributed by atoms with Gasteiger partial charge < -0.3 is 14.7 Å². The van der Waals surface area contributed by atoms with Gasteiger partial charge in [0, 0.05) is 6.54 Å². The normalized spacial score (nSPS) is 18.8. The SMILES string of the molecule is C=C1CN(C(=O)O)C[C@H]1OC(=O)c1ccccc1. The average Bonchev–Trinajstić information content (AvgIpc) is 2.72. The molecule has 1 amide bonds. The third-order valence-electron chi connectivity index (χ3n) is 2.76. The number of rotatable bonds is 2. The van der Waals surface area contributed by atoms with Crippen molar-refractivity contribution in [2.75, 3.05) is 13.1 Å². The summed E-state index contributed by atoms with van der Waals surface area (Å²) in [4.78, 5) is 23.8. The summed E-state index contributed by atoms with van der Waals surface area (Å²) in [5.74, 6) is -0.464. The van der Waals surface area contributed by atoms with E-state index >= 15 is 0 Å². The molecule has 1 aromatic carbocycles. The summed E-state index contributed by atoms with van der Waals surface area (Å²) in [5.41, 5.74) is 1.04. The molecule has 2 rings (SSSR count). The number of esters is 1. The molecule has 1 aliphatic rings. The summed E-state index contributed by atoms with van der Waals surface area (Å²) in [6, 6.07) is 8.58. The topological polar surface area (TPSA) is 66.8 Å². The minimum absolute atomic E-state index is 0.146. The predicted molar refractivity (Wildman–Crippen MR) is 64.4 cm³/mol. The number of carbonyl (C=O) groups is 2. The van der Waals surface area contributed by atoms with Crippen LogP contribution in [0.15, 0.2) is 42.5 Å². The van der Waals surface area contributed by atoms with E-state index in [0.29, 0.717) is 11.1 Å². The van der Waals surface area contributed by atoms with Gasteiger partial charge in [0.1, 0.15) is 6.10 Å². The molecule has 1 aliphatic heterocycles. The average molecular weight is 247 g/mol. The Labute approximate surface area is 104 Å². The van der Waals surface area contributed by atoms with Crippen molar-refractivity contribution in [2.45, 2.75) is 6.10 Å². The van der Waals surface area contributed by atoms with Crippen LogP contribution in [-0.2, 0) is 4.74 Å². The standard InChI is InChI=1S/C13H13NO4/c1-9-7-14(13(16)17)8-11(9)18-12(15)10-5-3-2-4-6-10/h2-6,11H,1,7-8H2,(H,16,17)/t11-/m1/s1. The van der Waals surface area contributed by atoms with E-state index in [1.807, 2.05) is 0 Å². The number of ether oxygens (including phenoxy) is 1. The zero-order valence-corrected chi connectivity index (χ0v) is 9.70. The summed E-state index contributed by atoms with van der Waals surface area (Å²) < 4.78 is 5.25. The van der Waals surface area contributed by atoms with Crippen molar-refractivity contribution >= 4 is 12.1 Å². The van der Waals surface area contributed by atoms with Gasteiger partial charge in [-0.25, -0.2) is 9.59 Å². The Hall–Kier alpha value is -2.30. The minimum Gasteiger partial charge on any atom is -0.465 e. The minimum atomic E-state index is -1.03. The van der Waals surface area contributed by atoms with E-state index in [1.165, 1.54) is 4.90 Å². The lowest BCUT2D eigenvalue weighted by Crippen LogP contribution is -2.29. The van der Waals surface area contributed by atoms with E-state index < -0.39 is 18.2 Å². The monoisotopic (exact) mass is 247 g/mol. The Morgan fingerprint density at radius 1 is 1.33 bits per heavy atom. The van der Waals surface area contributed by atoms with Gasteiger partial charge >= 0.3 is 12.1 Å². The van der Waals surface area contributed by atoms with Crippen LogP contribution in [0.4, 0.5) is 4.79 Å². The van der Waals surface area contributed by atoms with Gasteiger partial charge in [0.2, 0.25) is 0 Å². The molecule has 0 radical (unpaired) electrons. The Balaban J connectivity index is 2.01. The van der Waals surface area contributed by atoms with Gasteiger partial charge in [-0.3, -0.25) is 0 Å². The van der Waals surface area contributed by atoms with Gasteiger partial charge in [0.25, 0.3) is 0 Å². The number of nitrogens with zero attached hydrogens (tertiary/aromatic N) is 1. The maximum atomic E-state index is 11.8. The Morgan fingerprint density at radius 2 is 2.00 bits per heavy atom. The van der Waals surface area contributed by atoms with Crippen molar-refractivity contribution in [3.63, 3.8) is 0 Å². The van der Waals surface area contributed by atoms with Crippen molar-refractivity contribution in [3.8, 4) is 0 Å². The zero-order valence-electron chi connectivity index (χ0n) is 9.70. The summed E-state index contributed by atoms with van der Waals surface area (Å²) >= 11 is 0. The molecule has 0 spiro atoms. The van der Waals surface area contributed by atoms with Gasteiger partial charge in [-0.15, -0.1) is 0 Å². The highest BCUT2D eigenvalue weighted by Crippen LogP contribution is 2.19. The lowest BCUT2D eigenvalue weighted by Gasteiger charge is -2.13. The van der Waals surface area contributed by atoms with Crippen LogP contribution in [-0.4, -0.2) is 41.3 Å². The zero-order chi connectivity index (χ0) is 13.1. The molecule has 1 N–H and O–H groups in total. The predicted octanol–water partition coefficient (Wildman–Crippen LogP) is 1.76. The number of benzene rings is 1. The molecule has 5 heteroatoms. The highest BCUT2D eigenvalue weighted by Gasteiger charge is 2.32. The molecule has 0 unspecified atom stereocenters. The summed E-state index contributed by atoms with van der Waals surface area (Å²) in [5, 5.41) is 8.84. The maximum Gasteiger partial charge on any atom is 0.407 e. The van der Waals surface area contributed by atoms with Crippen molar-refractivity contribution in [3.05, 3.63) is 48.0 Å². The highest BCUT2D eigenvalue weighted by molar-refractivity contribution is 5.89. The first kappa shape index (κ1) is 12.2. The van der Waals surface area contributed by atoms with E-state index in [2.05, 4.69) is 6.58 Å². The molecule has 18 heavy (non-hydrogen) atoms. The molecule has 0 aliphatic carbocycles. The number of hydrogen-bond donors (Lipinski definition) is 1. The van der Waals surface area contributed by atoms with Crippen LogP contribution in [0.2, 0.25) is 0 Å². The fourth-order valence-corrected chi connectivity index (χ4v) is 1.78. The van der Waals surface area contributed by atoms with E-state index in [9.17, 15) is 9.59 Å². The number of hydrogen-bond acceptors (Lipinski definition) is 3. The van der Waals surface area contributed by atoms with Crippen LogP contribution >= 0.6 is 0 Å². The number of likely N-dealkylation sites (tertiary alicyclic amines) is 1. The molecule has 0 saturated carbocycles. The number of amides is 1.